The maximum atomic E-state index is 11.2. The predicted octanol–water partition coefficient (Wildman–Crippen LogP) is -0.671. The summed E-state index contributed by atoms with van der Waals surface area (Å²) in [6.07, 6.45) is 1.61. The van der Waals surface area contributed by atoms with E-state index in [4.69, 9.17) is 4.74 Å². The fraction of sp³-hybridized carbons (Fsp3) is 0.500. The molecule has 0 bridgehead atoms. The van der Waals surface area contributed by atoms with E-state index >= 15 is 0 Å². The third kappa shape index (κ3) is 5.38. The summed E-state index contributed by atoms with van der Waals surface area (Å²) in [4.78, 5) is 11.2. The quantitative estimate of drug-likeness (QED) is 0.601. The lowest BCUT2D eigenvalue weighted by Gasteiger charge is -2.05. The first-order chi connectivity index (χ1) is 7.83. The first-order valence-electron chi connectivity index (χ1n) is 5.06. The van der Waals surface area contributed by atoms with Gasteiger partial charge in [-0.3, -0.25) is 4.79 Å². The lowest BCUT2D eigenvalue weighted by atomic mass is 10.4. The van der Waals surface area contributed by atoms with Crippen molar-refractivity contribution in [2.75, 3.05) is 26.8 Å². The minimum Gasteiger partial charge on any atom is -0.383 e. The molecule has 1 rings (SSSR count). The molecule has 1 aromatic rings. The number of hydrogen-bond acceptors (Lipinski definition) is 5. The normalized spacial score (nSPS) is 10.1. The predicted molar refractivity (Wildman–Crippen MR) is 58.6 cm³/mol. The largest absolute Gasteiger partial charge is 0.383 e. The first-order valence-corrected chi connectivity index (χ1v) is 5.06. The van der Waals surface area contributed by atoms with Crippen LogP contribution in [0.3, 0.4) is 0 Å². The van der Waals surface area contributed by atoms with E-state index in [0.29, 0.717) is 19.7 Å². The van der Waals surface area contributed by atoms with Gasteiger partial charge in [-0.25, -0.2) is 0 Å². The number of nitrogens with zero attached hydrogens (tertiary/aromatic N) is 2. The van der Waals surface area contributed by atoms with Crippen LogP contribution >= 0.6 is 0 Å². The molecule has 6 heteroatoms. The van der Waals surface area contributed by atoms with Gasteiger partial charge < -0.3 is 15.4 Å². The molecule has 0 unspecified atom stereocenters. The molecule has 0 saturated heterocycles. The fourth-order valence-corrected chi connectivity index (χ4v) is 1.09. The third-order valence-corrected chi connectivity index (χ3v) is 1.85. The number of nitrogens with one attached hydrogen (secondary N) is 2. The van der Waals surface area contributed by atoms with Crippen molar-refractivity contribution in [3.63, 3.8) is 0 Å². The van der Waals surface area contributed by atoms with Gasteiger partial charge in [-0.1, -0.05) is 0 Å². The van der Waals surface area contributed by atoms with Crippen LogP contribution < -0.4 is 10.6 Å². The molecule has 2 N–H and O–H groups in total. The number of hydrogen-bond donors (Lipinski definition) is 2. The van der Waals surface area contributed by atoms with Crippen molar-refractivity contribution in [2.24, 2.45) is 0 Å². The number of aromatic nitrogens is 2. The summed E-state index contributed by atoms with van der Waals surface area (Å²) < 4.78 is 4.81. The van der Waals surface area contributed by atoms with Crippen LogP contribution in [0, 0.1) is 0 Å². The van der Waals surface area contributed by atoms with E-state index < -0.39 is 0 Å². The van der Waals surface area contributed by atoms with Gasteiger partial charge >= 0.3 is 0 Å². The highest BCUT2D eigenvalue weighted by molar-refractivity contribution is 5.77. The summed E-state index contributed by atoms with van der Waals surface area (Å²) in [5.74, 6) is -0.0547. The highest BCUT2D eigenvalue weighted by Gasteiger charge is 2.00. The van der Waals surface area contributed by atoms with Gasteiger partial charge in [0.05, 0.1) is 18.8 Å². The summed E-state index contributed by atoms with van der Waals surface area (Å²) in [6.45, 7) is 1.85. The molecular formula is C10H16N4O2. The van der Waals surface area contributed by atoms with E-state index in [1.165, 1.54) is 0 Å². The minimum atomic E-state index is -0.0547. The molecule has 0 aliphatic rings. The van der Waals surface area contributed by atoms with Crippen molar-refractivity contribution < 1.29 is 9.53 Å². The van der Waals surface area contributed by atoms with Gasteiger partial charge in [0.2, 0.25) is 5.91 Å². The van der Waals surface area contributed by atoms with Crippen LogP contribution in [0.5, 0.6) is 0 Å². The standard InChI is InChI=1S/C10H16N4O2/c1-16-6-5-12-10(15)8-11-7-9-3-2-4-13-14-9/h2-4,11H,5-8H2,1H3,(H,12,15). The SMILES string of the molecule is COCCNC(=O)CNCc1cccnn1. The van der Waals surface area contributed by atoms with Gasteiger partial charge in [-0.15, -0.1) is 0 Å². The summed E-state index contributed by atoms with van der Waals surface area (Å²) in [6, 6.07) is 3.66. The molecule has 88 valence electrons. The maximum Gasteiger partial charge on any atom is 0.234 e. The molecule has 0 aliphatic heterocycles. The van der Waals surface area contributed by atoms with Crippen LogP contribution in [-0.2, 0) is 16.1 Å². The monoisotopic (exact) mass is 224 g/mol. The zero-order valence-corrected chi connectivity index (χ0v) is 9.27. The summed E-state index contributed by atoms with van der Waals surface area (Å²) in [7, 11) is 1.60. The van der Waals surface area contributed by atoms with Crippen molar-refractivity contribution >= 4 is 5.91 Å². The molecule has 1 heterocycles. The van der Waals surface area contributed by atoms with Gasteiger partial charge in [0.1, 0.15) is 0 Å². The van der Waals surface area contributed by atoms with Gasteiger partial charge in [0.25, 0.3) is 0 Å². The summed E-state index contributed by atoms with van der Waals surface area (Å²) >= 11 is 0. The van der Waals surface area contributed by atoms with Crippen LogP contribution in [0.15, 0.2) is 18.3 Å². The van der Waals surface area contributed by atoms with Gasteiger partial charge in [-0.2, -0.15) is 10.2 Å². The molecule has 16 heavy (non-hydrogen) atoms. The third-order valence-electron chi connectivity index (χ3n) is 1.85. The number of carbonyl (C=O) groups excluding carboxylic acids is 1. The Labute approximate surface area is 94.4 Å². The topological polar surface area (TPSA) is 76.1 Å². The zero-order chi connectivity index (χ0) is 11.6. The molecule has 0 fully saturated rings. The minimum absolute atomic E-state index is 0.0547. The Morgan fingerprint density at radius 2 is 2.44 bits per heavy atom. The van der Waals surface area contributed by atoms with Crippen molar-refractivity contribution in [3.05, 3.63) is 24.0 Å². The van der Waals surface area contributed by atoms with Gasteiger partial charge in [-0.05, 0) is 12.1 Å². The van der Waals surface area contributed by atoms with E-state index in [2.05, 4.69) is 20.8 Å². The lowest BCUT2D eigenvalue weighted by molar-refractivity contribution is -0.120. The molecular weight excluding hydrogens is 208 g/mol. The maximum absolute atomic E-state index is 11.2. The van der Waals surface area contributed by atoms with Crippen molar-refractivity contribution in [2.45, 2.75) is 6.54 Å². The number of methoxy groups -OCH3 is 1. The Kier molecular flexibility index (Phi) is 6.05. The molecule has 0 spiro atoms. The van der Waals surface area contributed by atoms with Gasteiger partial charge in [0, 0.05) is 26.4 Å². The number of rotatable bonds is 7. The van der Waals surface area contributed by atoms with E-state index in [0.717, 1.165) is 5.69 Å². The first kappa shape index (κ1) is 12.5. The average molecular weight is 224 g/mol. The van der Waals surface area contributed by atoms with E-state index in [1.54, 1.807) is 13.3 Å². The Balaban J connectivity index is 2.09. The zero-order valence-electron chi connectivity index (χ0n) is 9.27. The Bertz CT molecular complexity index is 305. The molecule has 0 aromatic carbocycles. The fourth-order valence-electron chi connectivity index (χ4n) is 1.09. The van der Waals surface area contributed by atoms with Crippen LogP contribution in [0.4, 0.5) is 0 Å². The highest BCUT2D eigenvalue weighted by atomic mass is 16.5. The van der Waals surface area contributed by atoms with E-state index in [1.807, 2.05) is 12.1 Å². The van der Waals surface area contributed by atoms with Crippen LogP contribution in [0.1, 0.15) is 5.69 Å². The number of carbonyl (C=O) groups is 1. The van der Waals surface area contributed by atoms with Crippen molar-refractivity contribution in [3.8, 4) is 0 Å². The summed E-state index contributed by atoms with van der Waals surface area (Å²) in [5.41, 5.74) is 0.812. The van der Waals surface area contributed by atoms with Crippen LogP contribution in [-0.4, -0.2) is 42.9 Å². The average Bonchev–Trinajstić information content (AvgIpc) is 2.31. The van der Waals surface area contributed by atoms with Gasteiger partial charge in [0.15, 0.2) is 0 Å². The molecule has 0 saturated carbocycles. The molecule has 0 aliphatic carbocycles. The molecule has 6 nitrogen and oxygen atoms in total. The molecule has 0 radical (unpaired) electrons. The van der Waals surface area contributed by atoms with E-state index in [9.17, 15) is 4.79 Å². The Hall–Kier alpha value is -1.53. The smallest absolute Gasteiger partial charge is 0.234 e. The number of ether oxygens (including phenoxy) is 1. The van der Waals surface area contributed by atoms with Crippen LogP contribution in [0.2, 0.25) is 0 Å². The molecule has 0 atom stereocenters. The Morgan fingerprint density at radius 1 is 1.56 bits per heavy atom. The second kappa shape index (κ2) is 7.72. The highest BCUT2D eigenvalue weighted by Crippen LogP contribution is 1.88. The van der Waals surface area contributed by atoms with Crippen molar-refractivity contribution in [1.29, 1.82) is 0 Å². The molecule has 1 amide bonds. The molecule has 1 aromatic heterocycles. The Morgan fingerprint density at radius 3 is 3.12 bits per heavy atom. The van der Waals surface area contributed by atoms with Crippen LogP contribution in [0.25, 0.3) is 0 Å². The summed E-state index contributed by atoms with van der Waals surface area (Å²) in [5, 5.41) is 13.3. The lowest BCUT2D eigenvalue weighted by Crippen LogP contribution is -2.35. The number of amides is 1. The van der Waals surface area contributed by atoms with E-state index in [-0.39, 0.29) is 12.5 Å². The second-order valence-corrected chi connectivity index (χ2v) is 3.16. The van der Waals surface area contributed by atoms with Crippen molar-refractivity contribution in [1.82, 2.24) is 20.8 Å². The second-order valence-electron chi connectivity index (χ2n) is 3.16.